The van der Waals surface area contributed by atoms with Crippen LogP contribution in [0.1, 0.15) is 92.9 Å². The van der Waals surface area contributed by atoms with Gasteiger partial charge in [0.2, 0.25) is 0 Å². The molecule has 0 aromatic carbocycles. The molecular formula is C28H44O. The number of Topliss-reactive ketones (excluding diaryl/α,β-unsaturated/α-hetero) is 1. The smallest absolute Gasteiger partial charge is 0.133 e. The average molecular weight is 397 g/mol. The summed E-state index contributed by atoms with van der Waals surface area (Å²) in [6, 6.07) is 0. The van der Waals surface area contributed by atoms with Gasteiger partial charge in [0.15, 0.2) is 0 Å². The maximum atomic E-state index is 12.1. The third-order valence-corrected chi connectivity index (χ3v) is 10.4. The monoisotopic (exact) mass is 396 g/mol. The van der Waals surface area contributed by atoms with Gasteiger partial charge in [0.1, 0.15) is 5.78 Å². The van der Waals surface area contributed by atoms with Crippen molar-refractivity contribution in [1.29, 1.82) is 0 Å². The van der Waals surface area contributed by atoms with Gasteiger partial charge in [-0.25, -0.2) is 0 Å². The van der Waals surface area contributed by atoms with Crippen LogP contribution in [0.3, 0.4) is 0 Å². The van der Waals surface area contributed by atoms with Crippen molar-refractivity contribution in [3.8, 4) is 0 Å². The fourth-order valence-electron chi connectivity index (χ4n) is 7.91. The van der Waals surface area contributed by atoms with Crippen LogP contribution in [0.2, 0.25) is 0 Å². The second-order valence-corrected chi connectivity index (χ2v) is 12.1. The summed E-state index contributed by atoms with van der Waals surface area (Å²) in [5, 5.41) is 0. The molecule has 0 spiro atoms. The van der Waals surface area contributed by atoms with Gasteiger partial charge in [-0.1, -0.05) is 65.3 Å². The summed E-state index contributed by atoms with van der Waals surface area (Å²) in [7, 11) is 0. The summed E-state index contributed by atoms with van der Waals surface area (Å²) < 4.78 is 0. The lowest BCUT2D eigenvalue weighted by molar-refractivity contribution is -0.127. The predicted molar refractivity (Wildman–Crippen MR) is 123 cm³/mol. The number of hydrogen-bond donors (Lipinski definition) is 0. The number of ketones is 1. The van der Waals surface area contributed by atoms with Gasteiger partial charge < -0.3 is 0 Å². The molecule has 162 valence electrons. The van der Waals surface area contributed by atoms with E-state index in [9.17, 15) is 4.79 Å². The Morgan fingerprint density at radius 3 is 2.41 bits per heavy atom. The van der Waals surface area contributed by atoms with Crippen molar-refractivity contribution >= 4 is 5.78 Å². The first-order valence-electron chi connectivity index (χ1n) is 12.6. The maximum Gasteiger partial charge on any atom is 0.133 e. The van der Waals surface area contributed by atoms with Gasteiger partial charge in [-0.3, -0.25) is 4.79 Å². The average Bonchev–Trinajstić information content (AvgIpc) is 3.03. The Balaban J connectivity index is 1.55. The van der Waals surface area contributed by atoms with Gasteiger partial charge in [0, 0.05) is 12.8 Å². The number of fused-ring (bicyclic) bond motifs is 5. The quantitative estimate of drug-likeness (QED) is 0.447. The lowest BCUT2D eigenvalue weighted by Gasteiger charge is -2.57. The van der Waals surface area contributed by atoms with E-state index in [0.717, 1.165) is 49.4 Å². The van der Waals surface area contributed by atoms with Crippen LogP contribution in [0.15, 0.2) is 23.8 Å². The fourth-order valence-corrected chi connectivity index (χ4v) is 7.91. The number of carbonyl (C=O) groups is 1. The molecule has 4 aliphatic carbocycles. The van der Waals surface area contributed by atoms with Gasteiger partial charge in [0.25, 0.3) is 0 Å². The van der Waals surface area contributed by atoms with E-state index in [1.165, 1.54) is 25.7 Å². The minimum absolute atomic E-state index is 0.385. The van der Waals surface area contributed by atoms with Gasteiger partial charge in [-0.15, -0.1) is 0 Å². The zero-order valence-electron chi connectivity index (χ0n) is 19.8. The van der Waals surface area contributed by atoms with Crippen LogP contribution in [0, 0.1) is 52.3 Å². The third-order valence-electron chi connectivity index (χ3n) is 10.4. The highest BCUT2D eigenvalue weighted by molar-refractivity contribution is 5.79. The Kier molecular flexibility index (Phi) is 5.67. The van der Waals surface area contributed by atoms with Crippen molar-refractivity contribution in [2.24, 2.45) is 52.3 Å². The molecule has 0 unspecified atom stereocenters. The first kappa shape index (κ1) is 21.4. The molecule has 0 amide bonds. The molecule has 0 N–H and O–H groups in total. The standard InChI is InChI=1S/C28H44O/c1-18(2)19(3)7-8-20(4)24-11-12-25-23-10-9-21-17-22(29)13-15-27(21,5)26(23)14-16-28(24,25)6/h7-8,10,18-21,24-26H,9,11-17H2,1-6H3/b8-7+/t19-,20+,21+,24-,25+,26+,27-,28+/m0/s1. The lowest BCUT2D eigenvalue weighted by atomic mass is 9.48. The molecule has 29 heavy (non-hydrogen) atoms. The molecule has 0 heterocycles. The van der Waals surface area contributed by atoms with Crippen LogP contribution >= 0.6 is 0 Å². The first-order chi connectivity index (χ1) is 13.7. The molecule has 0 bridgehead atoms. The van der Waals surface area contributed by atoms with Crippen molar-refractivity contribution in [2.45, 2.75) is 92.9 Å². The molecule has 0 aromatic rings. The van der Waals surface area contributed by atoms with Gasteiger partial charge in [0.05, 0.1) is 0 Å². The minimum Gasteiger partial charge on any atom is -0.300 e. The molecule has 0 aromatic heterocycles. The molecule has 0 aliphatic heterocycles. The zero-order valence-corrected chi connectivity index (χ0v) is 19.8. The number of carbonyl (C=O) groups excluding carboxylic acids is 1. The summed E-state index contributed by atoms with van der Waals surface area (Å²) in [6.45, 7) is 14.7. The van der Waals surface area contributed by atoms with Crippen LogP contribution in [0.5, 0.6) is 0 Å². The number of rotatable bonds is 4. The summed E-state index contributed by atoms with van der Waals surface area (Å²) in [5.41, 5.74) is 2.68. The highest BCUT2D eigenvalue weighted by atomic mass is 16.1. The minimum atomic E-state index is 0.385. The SMILES string of the molecule is CC(C)[C@@H](C)/C=C/[C@@H](C)[C@@H]1CC[C@@H]2C3=CC[C@@H]4CC(=O)CC[C@]4(C)[C@@H]3CC[C@@]21C. The van der Waals surface area contributed by atoms with Crippen LogP contribution in [0.25, 0.3) is 0 Å². The fraction of sp³-hybridized carbons (Fsp3) is 0.821. The molecule has 1 nitrogen and oxygen atoms in total. The molecule has 3 fully saturated rings. The molecule has 1 heteroatoms. The van der Waals surface area contributed by atoms with E-state index in [-0.39, 0.29) is 0 Å². The maximum absolute atomic E-state index is 12.1. The third kappa shape index (κ3) is 3.49. The van der Waals surface area contributed by atoms with Crippen molar-refractivity contribution in [3.63, 3.8) is 0 Å². The van der Waals surface area contributed by atoms with Crippen LogP contribution in [0.4, 0.5) is 0 Å². The van der Waals surface area contributed by atoms with Crippen LogP contribution in [-0.4, -0.2) is 5.78 Å². The predicted octanol–water partition coefficient (Wildman–Crippen LogP) is 7.62. The number of hydrogen-bond acceptors (Lipinski definition) is 1. The van der Waals surface area contributed by atoms with Gasteiger partial charge in [-0.05, 0) is 90.8 Å². The molecule has 8 atom stereocenters. The van der Waals surface area contributed by atoms with Crippen LogP contribution in [-0.2, 0) is 4.79 Å². The summed E-state index contributed by atoms with van der Waals surface area (Å²) in [6.07, 6.45) is 17.2. The Morgan fingerprint density at radius 2 is 1.69 bits per heavy atom. The zero-order chi connectivity index (χ0) is 21.0. The molecule has 4 rings (SSSR count). The van der Waals surface area contributed by atoms with E-state index in [1.807, 2.05) is 5.57 Å². The summed E-state index contributed by atoms with van der Waals surface area (Å²) in [4.78, 5) is 12.1. The van der Waals surface area contributed by atoms with Crippen LogP contribution < -0.4 is 0 Å². The van der Waals surface area contributed by atoms with Gasteiger partial charge >= 0.3 is 0 Å². The highest BCUT2D eigenvalue weighted by Gasteiger charge is 2.57. The first-order valence-corrected chi connectivity index (χ1v) is 12.6. The Hall–Kier alpha value is -0.850. The van der Waals surface area contributed by atoms with E-state index < -0.39 is 0 Å². The normalized spacial score (nSPS) is 44.2. The summed E-state index contributed by atoms with van der Waals surface area (Å²) >= 11 is 0. The largest absolute Gasteiger partial charge is 0.300 e. The Labute approximate surface area is 179 Å². The summed E-state index contributed by atoms with van der Waals surface area (Å²) in [5.74, 6) is 5.57. The molecule has 3 saturated carbocycles. The van der Waals surface area contributed by atoms with Crippen molar-refractivity contribution in [3.05, 3.63) is 23.8 Å². The molecule has 0 radical (unpaired) electrons. The van der Waals surface area contributed by atoms with Crippen molar-refractivity contribution < 1.29 is 4.79 Å². The van der Waals surface area contributed by atoms with Crippen molar-refractivity contribution in [1.82, 2.24) is 0 Å². The topological polar surface area (TPSA) is 17.1 Å². The van der Waals surface area contributed by atoms with E-state index in [2.05, 4.69) is 59.8 Å². The van der Waals surface area contributed by atoms with Gasteiger partial charge in [-0.2, -0.15) is 0 Å². The second-order valence-electron chi connectivity index (χ2n) is 12.1. The molecular weight excluding hydrogens is 352 g/mol. The van der Waals surface area contributed by atoms with E-state index >= 15 is 0 Å². The van der Waals surface area contributed by atoms with E-state index in [4.69, 9.17) is 0 Å². The highest BCUT2D eigenvalue weighted by Crippen LogP contribution is 2.66. The Bertz CT molecular complexity index is 699. The molecule has 0 saturated heterocycles. The van der Waals surface area contributed by atoms with E-state index in [1.54, 1.807) is 0 Å². The Morgan fingerprint density at radius 1 is 0.966 bits per heavy atom. The lowest BCUT2D eigenvalue weighted by Crippen LogP contribution is -2.49. The number of allylic oxidation sites excluding steroid dienone is 4. The van der Waals surface area contributed by atoms with Crippen molar-refractivity contribution in [2.75, 3.05) is 0 Å². The second kappa shape index (κ2) is 7.69. The molecule has 4 aliphatic rings. The van der Waals surface area contributed by atoms with E-state index in [0.29, 0.717) is 34.4 Å².